The van der Waals surface area contributed by atoms with Crippen molar-refractivity contribution in [3.8, 4) is 0 Å². The zero-order valence-electron chi connectivity index (χ0n) is 8.76. The molecule has 0 aliphatic rings. The molecular weight excluding hydrogens is 216 g/mol. The van der Waals surface area contributed by atoms with Gasteiger partial charge in [0, 0.05) is 17.7 Å². The number of carboxylic acid groups (broad SMARTS) is 1. The Labute approximate surface area is 92.2 Å². The predicted octanol–water partition coefficient (Wildman–Crippen LogP) is 0.290. The normalized spacial score (nSPS) is 10.4. The lowest BCUT2D eigenvalue weighted by Gasteiger charge is -2.04. The number of esters is 2. The van der Waals surface area contributed by atoms with E-state index in [1.165, 1.54) is 6.92 Å². The van der Waals surface area contributed by atoms with Crippen LogP contribution in [0.3, 0.4) is 0 Å². The average molecular weight is 228 g/mol. The average Bonchev–Trinajstić information content (AvgIpc) is 2.22. The highest BCUT2D eigenvalue weighted by Crippen LogP contribution is 1.96. The van der Waals surface area contributed by atoms with Crippen LogP contribution in [0.5, 0.6) is 0 Å². The fraction of sp³-hybridized carbons (Fsp3) is 0.300. The topological polar surface area (TPSA) is 89.9 Å². The quantitative estimate of drug-likeness (QED) is 0.399. The molecule has 0 bridgehead atoms. The van der Waals surface area contributed by atoms with E-state index in [0.29, 0.717) is 0 Å². The Morgan fingerprint density at radius 3 is 2.31 bits per heavy atom. The summed E-state index contributed by atoms with van der Waals surface area (Å²) in [5.74, 6) is -2.61. The number of carboxylic acids is 1. The molecule has 0 fully saturated rings. The molecule has 0 spiro atoms. The van der Waals surface area contributed by atoms with Gasteiger partial charge in [0.15, 0.2) is 0 Å². The second-order valence-corrected chi connectivity index (χ2v) is 2.67. The number of ether oxygens (including phenoxy) is 2. The van der Waals surface area contributed by atoms with Crippen molar-refractivity contribution in [3.05, 3.63) is 24.3 Å². The number of carbonyl (C=O) groups excluding carboxylic acids is 2. The van der Waals surface area contributed by atoms with Gasteiger partial charge in [-0.15, -0.1) is 0 Å². The number of hydrogen-bond acceptors (Lipinski definition) is 5. The van der Waals surface area contributed by atoms with Crippen LogP contribution >= 0.6 is 0 Å². The second kappa shape index (κ2) is 7.22. The molecule has 0 aromatic carbocycles. The van der Waals surface area contributed by atoms with Crippen LogP contribution in [0.4, 0.5) is 0 Å². The van der Waals surface area contributed by atoms with Crippen molar-refractivity contribution in [1.29, 1.82) is 0 Å². The van der Waals surface area contributed by atoms with Crippen LogP contribution in [-0.2, 0) is 23.9 Å². The summed E-state index contributed by atoms with van der Waals surface area (Å²) in [5, 5.41) is 8.34. The highest BCUT2D eigenvalue weighted by Gasteiger charge is 2.07. The summed E-state index contributed by atoms with van der Waals surface area (Å²) in [7, 11) is 0. The fourth-order valence-corrected chi connectivity index (χ4v) is 0.694. The van der Waals surface area contributed by atoms with Crippen molar-refractivity contribution in [1.82, 2.24) is 0 Å². The zero-order valence-corrected chi connectivity index (χ0v) is 8.76. The highest BCUT2D eigenvalue weighted by atomic mass is 16.6. The van der Waals surface area contributed by atoms with Crippen LogP contribution in [-0.4, -0.2) is 36.2 Å². The van der Waals surface area contributed by atoms with E-state index < -0.39 is 17.9 Å². The smallest absolute Gasteiger partial charge is 0.334 e. The van der Waals surface area contributed by atoms with Gasteiger partial charge in [-0.1, -0.05) is 6.58 Å². The Morgan fingerprint density at radius 2 is 1.81 bits per heavy atom. The summed E-state index contributed by atoms with van der Waals surface area (Å²) in [5.41, 5.74) is -0.0393. The molecule has 0 saturated heterocycles. The first-order valence-electron chi connectivity index (χ1n) is 4.35. The lowest BCUT2D eigenvalue weighted by Crippen LogP contribution is -2.13. The monoisotopic (exact) mass is 228 g/mol. The molecule has 0 aromatic heterocycles. The maximum absolute atomic E-state index is 11.1. The molecule has 0 amide bonds. The Bertz CT molecular complexity index is 328. The van der Waals surface area contributed by atoms with E-state index in [9.17, 15) is 14.4 Å². The van der Waals surface area contributed by atoms with Crippen molar-refractivity contribution in [2.24, 2.45) is 0 Å². The van der Waals surface area contributed by atoms with Gasteiger partial charge in [-0.3, -0.25) is 0 Å². The Kier molecular flexibility index (Phi) is 6.27. The minimum atomic E-state index is -1.23. The van der Waals surface area contributed by atoms with E-state index >= 15 is 0 Å². The molecular formula is C10H12O6. The van der Waals surface area contributed by atoms with Crippen molar-refractivity contribution < 1.29 is 29.0 Å². The number of carbonyl (C=O) groups is 3. The molecule has 0 saturated carbocycles. The number of rotatable bonds is 6. The van der Waals surface area contributed by atoms with E-state index in [1.807, 2.05) is 0 Å². The molecule has 0 heterocycles. The maximum atomic E-state index is 11.1. The molecule has 1 N–H and O–H groups in total. The van der Waals surface area contributed by atoms with Gasteiger partial charge in [-0.05, 0) is 6.92 Å². The summed E-state index contributed by atoms with van der Waals surface area (Å²) >= 11 is 0. The molecule has 88 valence electrons. The van der Waals surface area contributed by atoms with Crippen LogP contribution in [0, 0.1) is 0 Å². The summed E-state index contributed by atoms with van der Waals surface area (Å²) < 4.78 is 9.15. The van der Waals surface area contributed by atoms with Crippen molar-refractivity contribution >= 4 is 17.9 Å². The lowest BCUT2D eigenvalue weighted by atomic mass is 10.3. The first-order chi connectivity index (χ1) is 7.47. The fourth-order valence-electron chi connectivity index (χ4n) is 0.694. The molecule has 6 heteroatoms. The third-order valence-electron chi connectivity index (χ3n) is 1.39. The molecule has 0 radical (unpaired) electrons. The first kappa shape index (κ1) is 13.9. The summed E-state index contributed by atoms with van der Waals surface area (Å²) in [6, 6.07) is 0. The van der Waals surface area contributed by atoms with Gasteiger partial charge in [0.05, 0.1) is 0 Å². The Hall–Kier alpha value is -2.11. The summed E-state index contributed by atoms with van der Waals surface area (Å²) in [4.78, 5) is 31.9. The SMILES string of the molecule is C=CC(=O)OCCOC(=O)/C(C)=C/C(=O)O. The third kappa shape index (κ3) is 6.36. The van der Waals surface area contributed by atoms with Gasteiger partial charge < -0.3 is 14.6 Å². The van der Waals surface area contributed by atoms with Gasteiger partial charge in [-0.25, -0.2) is 14.4 Å². The van der Waals surface area contributed by atoms with Crippen LogP contribution in [0.25, 0.3) is 0 Å². The molecule has 16 heavy (non-hydrogen) atoms. The van der Waals surface area contributed by atoms with Crippen molar-refractivity contribution in [3.63, 3.8) is 0 Å². The van der Waals surface area contributed by atoms with E-state index in [2.05, 4.69) is 16.1 Å². The van der Waals surface area contributed by atoms with Crippen LogP contribution in [0.2, 0.25) is 0 Å². The van der Waals surface area contributed by atoms with E-state index in [-0.39, 0.29) is 18.8 Å². The molecule has 0 atom stereocenters. The standard InChI is InChI=1S/C10H12O6/c1-3-9(13)15-4-5-16-10(14)7(2)6-8(11)12/h3,6H,1,4-5H2,2H3,(H,11,12)/b7-6+. The van der Waals surface area contributed by atoms with Crippen LogP contribution in [0.1, 0.15) is 6.92 Å². The van der Waals surface area contributed by atoms with E-state index in [1.54, 1.807) is 0 Å². The molecule has 6 nitrogen and oxygen atoms in total. The summed E-state index contributed by atoms with van der Waals surface area (Å²) in [6.45, 7) is 4.25. The lowest BCUT2D eigenvalue weighted by molar-refractivity contribution is -0.146. The van der Waals surface area contributed by atoms with Gasteiger partial charge >= 0.3 is 17.9 Å². The van der Waals surface area contributed by atoms with Gasteiger partial charge in [0.2, 0.25) is 0 Å². The molecule has 0 aliphatic carbocycles. The highest BCUT2D eigenvalue weighted by molar-refractivity contribution is 5.95. The van der Waals surface area contributed by atoms with Gasteiger partial charge in [-0.2, -0.15) is 0 Å². The van der Waals surface area contributed by atoms with Gasteiger partial charge in [0.25, 0.3) is 0 Å². The molecule has 0 aromatic rings. The van der Waals surface area contributed by atoms with Crippen LogP contribution in [0.15, 0.2) is 24.3 Å². The second-order valence-electron chi connectivity index (χ2n) is 2.67. The Balaban J connectivity index is 3.86. The summed E-state index contributed by atoms with van der Waals surface area (Å²) in [6.07, 6.45) is 1.72. The third-order valence-corrected chi connectivity index (χ3v) is 1.39. The van der Waals surface area contributed by atoms with Crippen molar-refractivity contribution in [2.75, 3.05) is 13.2 Å². The van der Waals surface area contributed by atoms with Crippen LogP contribution < -0.4 is 0 Å². The van der Waals surface area contributed by atoms with E-state index in [0.717, 1.165) is 12.2 Å². The zero-order chi connectivity index (χ0) is 12.6. The minimum Gasteiger partial charge on any atom is -0.478 e. The Morgan fingerprint density at radius 1 is 1.25 bits per heavy atom. The predicted molar refractivity (Wildman–Crippen MR) is 53.5 cm³/mol. The number of aliphatic carboxylic acids is 1. The maximum Gasteiger partial charge on any atom is 0.334 e. The number of hydrogen-bond donors (Lipinski definition) is 1. The minimum absolute atomic E-state index is 0.0393. The largest absolute Gasteiger partial charge is 0.478 e. The van der Waals surface area contributed by atoms with Gasteiger partial charge in [0.1, 0.15) is 13.2 Å². The molecule has 0 rings (SSSR count). The van der Waals surface area contributed by atoms with Crippen molar-refractivity contribution in [2.45, 2.75) is 6.92 Å². The first-order valence-corrected chi connectivity index (χ1v) is 4.35. The molecule has 0 unspecified atom stereocenters. The van der Waals surface area contributed by atoms with E-state index in [4.69, 9.17) is 5.11 Å². The molecule has 0 aliphatic heterocycles.